The Labute approximate surface area is 151 Å². The Morgan fingerprint density at radius 3 is 2.48 bits per heavy atom. The van der Waals surface area contributed by atoms with Crippen LogP contribution in [0.1, 0.15) is 42.5 Å². The second-order valence-corrected chi connectivity index (χ2v) is 7.25. The van der Waals surface area contributed by atoms with Gasteiger partial charge in [0.25, 0.3) is 11.8 Å². The molecule has 25 heavy (non-hydrogen) atoms. The SMILES string of the molecule is O=C(COC(=O)C[C@H]1C[C@H]2CC[C@@H]1C2)NNC(=O)c1ccc(Cl)cc1. The summed E-state index contributed by atoms with van der Waals surface area (Å²) in [6.45, 7) is -0.402. The molecule has 0 unspecified atom stereocenters. The molecule has 3 rings (SSSR count). The van der Waals surface area contributed by atoms with Crippen molar-refractivity contribution in [1.29, 1.82) is 0 Å². The van der Waals surface area contributed by atoms with Gasteiger partial charge in [0.1, 0.15) is 0 Å². The van der Waals surface area contributed by atoms with Gasteiger partial charge in [-0.25, -0.2) is 0 Å². The van der Waals surface area contributed by atoms with Gasteiger partial charge in [-0.15, -0.1) is 0 Å². The van der Waals surface area contributed by atoms with Gasteiger partial charge < -0.3 is 4.74 Å². The van der Waals surface area contributed by atoms with Crippen LogP contribution in [0.5, 0.6) is 0 Å². The van der Waals surface area contributed by atoms with Gasteiger partial charge in [-0.05, 0) is 61.3 Å². The van der Waals surface area contributed by atoms with Crippen molar-refractivity contribution in [2.45, 2.75) is 32.1 Å². The Balaban J connectivity index is 1.34. The van der Waals surface area contributed by atoms with Crippen LogP contribution in [0.25, 0.3) is 0 Å². The number of benzene rings is 1. The van der Waals surface area contributed by atoms with E-state index in [9.17, 15) is 14.4 Å². The number of esters is 1. The first kappa shape index (κ1) is 17.7. The summed E-state index contributed by atoms with van der Waals surface area (Å²) in [5, 5.41) is 0.517. The number of ether oxygens (including phenoxy) is 1. The summed E-state index contributed by atoms with van der Waals surface area (Å²) in [4.78, 5) is 35.4. The van der Waals surface area contributed by atoms with E-state index >= 15 is 0 Å². The van der Waals surface area contributed by atoms with Gasteiger partial charge in [0.2, 0.25) is 0 Å². The van der Waals surface area contributed by atoms with E-state index in [2.05, 4.69) is 10.9 Å². The number of carbonyl (C=O) groups excluding carboxylic acids is 3. The number of hydrogen-bond acceptors (Lipinski definition) is 4. The van der Waals surface area contributed by atoms with Gasteiger partial charge in [-0.2, -0.15) is 0 Å². The van der Waals surface area contributed by atoms with E-state index in [1.165, 1.54) is 19.3 Å². The lowest BCUT2D eigenvalue weighted by atomic mass is 9.86. The number of nitrogens with one attached hydrogen (secondary N) is 2. The predicted octanol–water partition coefficient (Wildman–Crippen LogP) is 2.47. The van der Waals surface area contributed by atoms with Gasteiger partial charge in [-0.1, -0.05) is 18.0 Å². The Morgan fingerprint density at radius 1 is 1.08 bits per heavy atom. The van der Waals surface area contributed by atoms with Crippen LogP contribution in [0.3, 0.4) is 0 Å². The quantitative estimate of drug-likeness (QED) is 0.621. The van der Waals surface area contributed by atoms with Gasteiger partial charge >= 0.3 is 5.97 Å². The van der Waals surface area contributed by atoms with Crippen molar-refractivity contribution >= 4 is 29.4 Å². The monoisotopic (exact) mass is 364 g/mol. The molecule has 0 saturated heterocycles. The smallest absolute Gasteiger partial charge is 0.306 e. The molecule has 2 bridgehead atoms. The van der Waals surface area contributed by atoms with Crippen molar-refractivity contribution in [3.63, 3.8) is 0 Å². The molecular weight excluding hydrogens is 344 g/mol. The fourth-order valence-electron chi connectivity index (χ4n) is 3.88. The molecule has 134 valence electrons. The third-order valence-corrected chi connectivity index (χ3v) is 5.35. The molecule has 2 amide bonds. The number of halogens is 1. The first-order valence-electron chi connectivity index (χ1n) is 8.51. The van der Waals surface area contributed by atoms with Crippen LogP contribution in [0.15, 0.2) is 24.3 Å². The molecule has 0 spiro atoms. The highest BCUT2D eigenvalue weighted by atomic mass is 35.5. The molecule has 0 radical (unpaired) electrons. The van der Waals surface area contributed by atoms with Crippen molar-refractivity contribution in [3.8, 4) is 0 Å². The largest absolute Gasteiger partial charge is 0.455 e. The number of fused-ring (bicyclic) bond motifs is 2. The molecule has 2 aliphatic carbocycles. The van der Waals surface area contributed by atoms with Gasteiger partial charge in [-0.3, -0.25) is 25.2 Å². The molecule has 1 aromatic rings. The maximum Gasteiger partial charge on any atom is 0.306 e. The summed E-state index contributed by atoms with van der Waals surface area (Å²) >= 11 is 5.75. The standard InChI is InChI=1S/C18H21ClN2O4/c19-15-5-3-12(4-6-15)18(24)21-20-16(22)10-25-17(23)9-14-8-11-1-2-13(14)7-11/h3-6,11,13-14H,1-2,7-10H2,(H,20,22)(H,21,24)/t11-,13+,14+/m0/s1. The normalized spacial score (nSPS) is 24.0. The molecule has 2 aliphatic rings. The molecule has 0 heterocycles. The zero-order valence-corrected chi connectivity index (χ0v) is 14.6. The van der Waals surface area contributed by atoms with Crippen molar-refractivity contribution in [1.82, 2.24) is 10.9 Å². The summed E-state index contributed by atoms with van der Waals surface area (Å²) in [5.74, 6) is 0.414. The average Bonchev–Trinajstić information content (AvgIpc) is 3.21. The van der Waals surface area contributed by atoms with E-state index in [0.717, 1.165) is 12.3 Å². The van der Waals surface area contributed by atoms with Crippen molar-refractivity contribution in [2.24, 2.45) is 17.8 Å². The minimum Gasteiger partial charge on any atom is -0.455 e. The number of carbonyl (C=O) groups is 3. The molecule has 3 atom stereocenters. The molecule has 2 fully saturated rings. The van der Waals surface area contributed by atoms with E-state index in [-0.39, 0.29) is 5.97 Å². The van der Waals surface area contributed by atoms with Crippen molar-refractivity contribution in [3.05, 3.63) is 34.9 Å². The van der Waals surface area contributed by atoms with Gasteiger partial charge in [0, 0.05) is 17.0 Å². The topological polar surface area (TPSA) is 84.5 Å². The molecule has 2 saturated carbocycles. The lowest BCUT2D eigenvalue weighted by Crippen LogP contribution is -2.43. The van der Waals surface area contributed by atoms with E-state index in [1.807, 2.05) is 0 Å². The molecular formula is C18H21ClN2O4. The van der Waals surface area contributed by atoms with Crippen LogP contribution < -0.4 is 10.9 Å². The molecule has 0 aliphatic heterocycles. The molecule has 7 heteroatoms. The maximum atomic E-state index is 11.9. The van der Waals surface area contributed by atoms with Crippen LogP contribution >= 0.6 is 11.6 Å². The minimum absolute atomic E-state index is 0.350. The zero-order valence-electron chi connectivity index (χ0n) is 13.8. The Hall–Kier alpha value is -2.08. The fraction of sp³-hybridized carbons (Fsp3) is 0.500. The fourth-order valence-corrected chi connectivity index (χ4v) is 4.01. The lowest BCUT2D eigenvalue weighted by Gasteiger charge is -2.20. The third kappa shape index (κ3) is 4.72. The van der Waals surface area contributed by atoms with E-state index < -0.39 is 18.4 Å². The first-order chi connectivity index (χ1) is 12.0. The predicted molar refractivity (Wildman–Crippen MR) is 91.6 cm³/mol. The van der Waals surface area contributed by atoms with Gasteiger partial charge in [0.15, 0.2) is 6.61 Å². The minimum atomic E-state index is -0.580. The highest BCUT2D eigenvalue weighted by Gasteiger charge is 2.40. The molecule has 1 aromatic carbocycles. The van der Waals surface area contributed by atoms with Crippen molar-refractivity contribution in [2.75, 3.05) is 6.61 Å². The summed E-state index contributed by atoms with van der Waals surface area (Å²) in [7, 11) is 0. The zero-order chi connectivity index (χ0) is 17.8. The average molecular weight is 365 g/mol. The highest BCUT2D eigenvalue weighted by Crippen LogP contribution is 2.49. The van der Waals surface area contributed by atoms with Crippen LogP contribution in [0.2, 0.25) is 5.02 Å². The lowest BCUT2D eigenvalue weighted by molar-refractivity contribution is -0.150. The number of hydrazine groups is 1. The van der Waals surface area contributed by atoms with E-state index in [4.69, 9.17) is 16.3 Å². The van der Waals surface area contributed by atoms with Crippen LogP contribution in [0, 0.1) is 17.8 Å². The van der Waals surface area contributed by atoms with Crippen molar-refractivity contribution < 1.29 is 19.1 Å². The second-order valence-electron chi connectivity index (χ2n) is 6.81. The number of hydrogen-bond donors (Lipinski definition) is 2. The summed E-state index contributed by atoms with van der Waals surface area (Å²) < 4.78 is 5.01. The molecule has 0 aromatic heterocycles. The van der Waals surface area contributed by atoms with Gasteiger partial charge in [0.05, 0.1) is 0 Å². The van der Waals surface area contributed by atoms with Crippen LogP contribution in [0.4, 0.5) is 0 Å². The van der Waals surface area contributed by atoms with E-state index in [1.54, 1.807) is 24.3 Å². The summed E-state index contributed by atoms with van der Waals surface area (Å²) in [5.41, 5.74) is 4.85. The number of rotatable bonds is 5. The van der Waals surface area contributed by atoms with E-state index in [0.29, 0.717) is 28.8 Å². The second kappa shape index (κ2) is 7.87. The van der Waals surface area contributed by atoms with Crippen LogP contribution in [-0.2, 0) is 14.3 Å². The molecule has 2 N–H and O–H groups in total. The highest BCUT2D eigenvalue weighted by molar-refractivity contribution is 6.30. The third-order valence-electron chi connectivity index (χ3n) is 5.10. The summed E-state index contributed by atoms with van der Waals surface area (Å²) in [6.07, 6.45) is 5.20. The first-order valence-corrected chi connectivity index (χ1v) is 8.89. The Bertz CT molecular complexity index is 662. The van der Waals surface area contributed by atoms with Crippen LogP contribution in [-0.4, -0.2) is 24.4 Å². The maximum absolute atomic E-state index is 11.9. The summed E-state index contributed by atoms with van der Waals surface area (Å²) in [6, 6.07) is 6.24. The Morgan fingerprint density at radius 2 is 1.84 bits per heavy atom. The number of amides is 2. The Kier molecular flexibility index (Phi) is 5.58. The molecule has 6 nitrogen and oxygen atoms in total.